The van der Waals surface area contributed by atoms with Crippen LogP contribution in [0, 0.1) is 24.1 Å². The summed E-state index contributed by atoms with van der Waals surface area (Å²) in [6, 6.07) is 13.1. The first kappa shape index (κ1) is 14.5. The minimum Gasteiger partial charge on any atom is -0.477 e. The van der Waals surface area contributed by atoms with E-state index in [0.29, 0.717) is 17.0 Å². The van der Waals surface area contributed by atoms with Crippen molar-refractivity contribution in [2.75, 3.05) is 11.9 Å². The van der Waals surface area contributed by atoms with E-state index in [4.69, 9.17) is 10.00 Å². The molecule has 0 atom stereocenters. The monoisotopic (exact) mass is 284 g/mol. The summed E-state index contributed by atoms with van der Waals surface area (Å²) in [7, 11) is 0. The quantitative estimate of drug-likeness (QED) is 0.937. The van der Waals surface area contributed by atoms with Crippen LogP contribution >= 0.6 is 0 Å². The minimum atomic E-state index is -0.566. The molecule has 1 N–H and O–H groups in total. The second kappa shape index (κ2) is 6.53. The third-order valence-electron chi connectivity index (χ3n) is 2.86. The molecule has 21 heavy (non-hydrogen) atoms. The summed E-state index contributed by atoms with van der Waals surface area (Å²) < 4.78 is 19.1. The molecular formula is C16H13FN2O2. The molecule has 0 aliphatic carbocycles. The fourth-order valence-electron chi connectivity index (χ4n) is 1.82. The van der Waals surface area contributed by atoms with Crippen LogP contribution in [0.5, 0.6) is 5.75 Å². The average Bonchev–Trinajstić information content (AvgIpc) is 2.49. The number of carbonyl (C=O) groups excluding carboxylic acids is 1. The van der Waals surface area contributed by atoms with Gasteiger partial charge in [0.15, 0.2) is 6.61 Å². The van der Waals surface area contributed by atoms with Crippen LogP contribution in [0.25, 0.3) is 0 Å². The first-order valence-electron chi connectivity index (χ1n) is 6.28. The highest BCUT2D eigenvalue weighted by Crippen LogP contribution is 2.24. The Labute approximate surface area is 121 Å². The Morgan fingerprint density at radius 2 is 2.05 bits per heavy atom. The molecular weight excluding hydrogens is 271 g/mol. The lowest BCUT2D eigenvalue weighted by Crippen LogP contribution is -2.15. The van der Waals surface area contributed by atoms with E-state index in [9.17, 15) is 9.18 Å². The number of aryl methyl sites for hydroxylation is 1. The lowest BCUT2D eigenvalue weighted by Gasteiger charge is -2.11. The fraction of sp³-hybridized carbons (Fsp3) is 0.125. The van der Waals surface area contributed by atoms with Gasteiger partial charge in [-0.15, -0.1) is 0 Å². The van der Waals surface area contributed by atoms with Gasteiger partial charge in [-0.1, -0.05) is 24.3 Å². The molecule has 0 radical (unpaired) electrons. The Morgan fingerprint density at radius 1 is 1.29 bits per heavy atom. The molecule has 2 aromatic carbocycles. The molecule has 2 aromatic rings. The van der Waals surface area contributed by atoms with Gasteiger partial charge in [0.05, 0.1) is 11.3 Å². The number of nitrogens with zero attached hydrogens (tertiary/aromatic N) is 1. The molecule has 4 nitrogen and oxygen atoms in total. The molecule has 0 saturated carbocycles. The van der Waals surface area contributed by atoms with Gasteiger partial charge in [0.25, 0.3) is 5.91 Å². The summed E-state index contributed by atoms with van der Waals surface area (Å²) >= 11 is 0. The molecule has 106 valence electrons. The number of rotatable bonds is 4. The van der Waals surface area contributed by atoms with Crippen LogP contribution in [0.2, 0.25) is 0 Å². The van der Waals surface area contributed by atoms with E-state index >= 15 is 0 Å². The molecule has 0 fully saturated rings. The van der Waals surface area contributed by atoms with E-state index < -0.39 is 11.7 Å². The third kappa shape index (κ3) is 3.37. The Hall–Kier alpha value is -2.87. The van der Waals surface area contributed by atoms with E-state index in [1.54, 1.807) is 43.3 Å². The number of carbonyl (C=O) groups is 1. The highest BCUT2D eigenvalue weighted by Gasteiger charge is 2.15. The number of amides is 1. The summed E-state index contributed by atoms with van der Waals surface area (Å²) in [4.78, 5) is 12.1. The van der Waals surface area contributed by atoms with Crippen molar-refractivity contribution in [2.24, 2.45) is 0 Å². The van der Waals surface area contributed by atoms with E-state index in [2.05, 4.69) is 5.32 Å². The number of hydrogen-bond acceptors (Lipinski definition) is 3. The van der Waals surface area contributed by atoms with Gasteiger partial charge in [0.2, 0.25) is 0 Å². The van der Waals surface area contributed by atoms with Crippen LogP contribution in [0.1, 0.15) is 15.9 Å². The number of ether oxygens (including phenoxy) is 1. The number of nitrogens with one attached hydrogen (secondary N) is 1. The summed E-state index contributed by atoms with van der Waals surface area (Å²) in [5, 5.41) is 11.1. The predicted octanol–water partition coefficient (Wildman–Crippen LogP) is 3.29. The van der Waals surface area contributed by atoms with Gasteiger partial charge in [-0.3, -0.25) is 4.79 Å². The topological polar surface area (TPSA) is 62.1 Å². The minimum absolute atomic E-state index is 0.0370. The lowest BCUT2D eigenvalue weighted by atomic mass is 10.1. The van der Waals surface area contributed by atoms with E-state index in [1.807, 2.05) is 6.07 Å². The third-order valence-corrected chi connectivity index (χ3v) is 2.86. The second-order valence-electron chi connectivity index (χ2n) is 4.33. The average molecular weight is 284 g/mol. The molecule has 0 saturated heterocycles. The molecule has 0 heterocycles. The van der Waals surface area contributed by atoms with Crippen molar-refractivity contribution in [2.45, 2.75) is 6.92 Å². The van der Waals surface area contributed by atoms with Crippen molar-refractivity contribution in [3.63, 3.8) is 0 Å². The predicted molar refractivity (Wildman–Crippen MR) is 76.6 cm³/mol. The summed E-state index contributed by atoms with van der Waals surface area (Å²) in [5.74, 6) is -0.755. The number of nitriles is 1. The maximum Gasteiger partial charge on any atom is 0.258 e. The van der Waals surface area contributed by atoms with Gasteiger partial charge in [-0.05, 0) is 30.7 Å². The molecule has 1 amide bonds. The van der Waals surface area contributed by atoms with Gasteiger partial charge in [-0.25, -0.2) is 4.39 Å². The Morgan fingerprint density at radius 3 is 2.81 bits per heavy atom. The molecule has 0 aliphatic rings. The Balaban J connectivity index is 2.24. The van der Waals surface area contributed by atoms with Crippen molar-refractivity contribution in [1.29, 1.82) is 5.26 Å². The van der Waals surface area contributed by atoms with Gasteiger partial charge >= 0.3 is 0 Å². The molecule has 0 aliphatic heterocycles. The van der Waals surface area contributed by atoms with Crippen LogP contribution in [-0.4, -0.2) is 12.5 Å². The number of halogens is 1. The zero-order valence-electron chi connectivity index (χ0n) is 11.4. The maximum absolute atomic E-state index is 13.9. The van der Waals surface area contributed by atoms with E-state index in [-0.39, 0.29) is 12.2 Å². The molecule has 0 aromatic heterocycles. The molecule has 0 spiro atoms. The van der Waals surface area contributed by atoms with Crippen molar-refractivity contribution in [1.82, 2.24) is 0 Å². The number of anilines is 1. The smallest absolute Gasteiger partial charge is 0.258 e. The van der Waals surface area contributed by atoms with Crippen LogP contribution in [0.3, 0.4) is 0 Å². The molecule has 5 heteroatoms. The largest absolute Gasteiger partial charge is 0.477 e. The van der Waals surface area contributed by atoms with Gasteiger partial charge in [0, 0.05) is 0 Å². The maximum atomic E-state index is 13.9. The SMILES string of the molecule is Cc1cccc(C(=O)Nc2ccccc2OCC#N)c1F. The van der Waals surface area contributed by atoms with Crippen molar-refractivity contribution in [3.8, 4) is 11.8 Å². The summed E-state index contributed by atoms with van der Waals surface area (Å²) in [6.07, 6.45) is 0. The molecule has 0 unspecified atom stereocenters. The standard InChI is InChI=1S/C16H13FN2O2/c1-11-5-4-6-12(15(11)17)16(20)19-13-7-2-3-8-14(13)21-10-9-18/h2-8H,10H2,1H3,(H,19,20). The van der Waals surface area contributed by atoms with Crippen molar-refractivity contribution in [3.05, 3.63) is 59.4 Å². The van der Waals surface area contributed by atoms with E-state index in [1.165, 1.54) is 6.07 Å². The lowest BCUT2D eigenvalue weighted by molar-refractivity contribution is 0.102. The first-order valence-corrected chi connectivity index (χ1v) is 6.28. The van der Waals surface area contributed by atoms with Gasteiger partial charge in [0.1, 0.15) is 17.6 Å². The molecule has 2 rings (SSSR count). The second-order valence-corrected chi connectivity index (χ2v) is 4.33. The van der Waals surface area contributed by atoms with E-state index in [0.717, 1.165) is 0 Å². The van der Waals surface area contributed by atoms with Crippen LogP contribution < -0.4 is 10.1 Å². The van der Waals surface area contributed by atoms with Crippen LogP contribution in [0.4, 0.5) is 10.1 Å². The Bertz CT molecular complexity index is 708. The highest BCUT2D eigenvalue weighted by atomic mass is 19.1. The first-order chi connectivity index (χ1) is 10.1. The van der Waals surface area contributed by atoms with Gasteiger partial charge in [-0.2, -0.15) is 5.26 Å². The summed E-state index contributed by atoms with van der Waals surface area (Å²) in [6.45, 7) is 1.46. The van der Waals surface area contributed by atoms with Crippen molar-refractivity contribution < 1.29 is 13.9 Å². The number of benzene rings is 2. The zero-order valence-corrected chi connectivity index (χ0v) is 11.4. The number of para-hydroxylation sites is 2. The fourth-order valence-corrected chi connectivity index (χ4v) is 1.82. The van der Waals surface area contributed by atoms with Gasteiger partial charge < -0.3 is 10.1 Å². The van der Waals surface area contributed by atoms with Crippen LogP contribution in [-0.2, 0) is 0 Å². The van der Waals surface area contributed by atoms with Crippen molar-refractivity contribution >= 4 is 11.6 Å². The Kier molecular flexibility index (Phi) is 4.52. The normalized spacial score (nSPS) is 9.76. The highest BCUT2D eigenvalue weighted by molar-refractivity contribution is 6.05. The molecule has 0 bridgehead atoms. The zero-order chi connectivity index (χ0) is 15.2. The number of hydrogen-bond donors (Lipinski definition) is 1. The van der Waals surface area contributed by atoms with Crippen LogP contribution in [0.15, 0.2) is 42.5 Å². The summed E-state index contributed by atoms with van der Waals surface area (Å²) in [5.41, 5.74) is 0.750.